The standard InChI is InChI=1S/Mg.2H2O4S.7H2O/c;2*1-5(2,3)4;;;;;;;/h;2*(H2,1,2,3,4);7*1H2/q+2;;;;;;;;;/p-2. The maximum atomic E-state index is 8.74. The van der Waals surface area contributed by atoms with Crippen LogP contribution in [0.25, 0.3) is 0 Å². The van der Waals surface area contributed by atoms with Gasteiger partial charge in [0.05, 0.1) is 0 Å². The summed E-state index contributed by atoms with van der Waals surface area (Å²) in [5.41, 5.74) is 0. The molecule has 0 saturated carbocycles. The first-order valence-corrected chi connectivity index (χ1v) is 4.10. The molecule has 0 unspecified atom stereocenters. The van der Waals surface area contributed by atoms with E-state index in [1.807, 2.05) is 0 Å². The van der Waals surface area contributed by atoms with Crippen molar-refractivity contribution in [3.8, 4) is 0 Å². The second-order valence-electron chi connectivity index (χ2n) is 0.856. The minimum absolute atomic E-state index is 0. The van der Waals surface area contributed by atoms with Crippen LogP contribution < -0.4 is 0 Å². The van der Waals surface area contributed by atoms with Gasteiger partial charge >= 0.3 is 33.5 Å². The Hall–Kier alpha value is 0.226. The molecule has 18 heteroatoms. The summed E-state index contributed by atoms with van der Waals surface area (Å²) in [6.45, 7) is 0. The number of rotatable bonds is 0. The van der Waals surface area contributed by atoms with Gasteiger partial charge in [-0.05, 0) is 0 Å². The van der Waals surface area contributed by atoms with Crippen LogP contribution >= 0.6 is 0 Å². The van der Waals surface area contributed by atoms with Crippen LogP contribution in [0.4, 0.5) is 0 Å². The predicted molar refractivity (Wildman–Crippen MR) is 55.7 cm³/mol. The Morgan fingerprint density at radius 2 is 0.611 bits per heavy atom. The first-order chi connectivity index (χ1) is 4.00. The third kappa shape index (κ3) is 73500. The molecule has 0 atom stereocenters. The van der Waals surface area contributed by atoms with Crippen LogP contribution in [0.2, 0.25) is 0 Å². The first-order valence-electron chi connectivity index (χ1n) is 1.37. The zero-order chi connectivity index (χ0) is 9.00. The van der Waals surface area contributed by atoms with E-state index in [0.717, 1.165) is 0 Å². The molecule has 0 aromatic rings. The van der Waals surface area contributed by atoms with Crippen molar-refractivity contribution in [2.75, 3.05) is 0 Å². The summed E-state index contributed by atoms with van der Waals surface area (Å²) < 4.78 is 65.7. The molecule has 0 fully saturated rings. The third-order valence-corrected chi connectivity index (χ3v) is 0. The fraction of sp³-hybridized carbons (Fsp3) is 0. The monoisotopic (exact) mass is 344 g/mol. The van der Waals surface area contributed by atoms with Crippen LogP contribution in [0.15, 0.2) is 0 Å². The summed E-state index contributed by atoms with van der Waals surface area (Å²) >= 11 is 0. The second-order valence-corrected chi connectivity index (χ2v) is 2.57. The molecule has 0 bridgehead atoms. The maximum absolute atomic E-state index is 8.74. The van der Waals surface area contributed by atoms with Gasteiger partial charge in [0, 0.05) is 10.4 Å². The van der Waals surface area contributed by atoms with Gasteiger partial charge in [-0.15, -0.1) is 0 Å². The molecule has 0 saturated heterocycles. The Morgan fingerprint density at radius 1 is 0.611 bits per heavy atom. The number of hydrogen-bond donors (Lipinski definition) is 2. The quantitative estimate of drug-likeness (QED) is 0.240. The van der Waals surface area contributed by atoms with Crippen LogP contribution in [0.1, 0.15) is 0 Å². The van der Waals surface area contributed by atoms with Crippen molar-refractivity contribution in [2.45, 2.75) is 0 Å². The smallest absolute Gasteiger partial charge is 0.759 e. The van der Waals surface area contributed by atoms with Crippen LogP contribution in [0.3, 0.4) is 0 Å². The van der Waals surface area contributed by atoms with E-state index < -0.39 is 20.8 Å². The zero-order valence-electron chi connectivity index (χ0n) is 8.37. The van der Waals surface area contributed by atoms with E-state index in [2.05, 4.69) is 0 Å². The molecule has 0 amide bonds. The van der Waals surface area contributed by atoms with Crippen LogP contribution in [0.5, 0.6) is 0 Å². The van der Waals surface area contributed by atoms with Gasteiger partial charge in [0.1, 0.15) is 0 Å². The fourth-order valence-electron chi connectivity index (χ4n) is 0. The Morgan fingerprint density at radius 3 is 0.611 bits per heavy atom. The van der Waals surface area contributed by atoms with E-state index in [-0.39, 0.29) is 61.4 Å². The van der Waals surface area contributed by atoms with E-state index >= 15 is 0 Å². The van der Waals surface area contributed by atoms with Gasteiger partial charge in [-0.2, -0.15) is 8.42 Å². The minimum Gasteiger partial charge on any atom is -0.759 e. The minimum atomic E-state index is -5.17. The molecule has 120 valence electrons. The zero-order valence-corrected chi connectivity index (χ0v) is 11.4. The van der Waals surface area contributed by atoms with Gasteiger partial charge < -0.3 is 47.4 Å². The molecule has 18 heavy (non-hydrogen) atoms. The SMILES string of the molecule is O.O.O.O.O.O.O.O=S(=O)(O)O.O=S(=O)([O-])[O-].[Mg+2]. The van der Waals surface area contributed by atoms with E-state index in [1.165, 1.54) is 0 Å². The molecule has 0 aliphatic carbocycles. The van der Waals surface area contributed by atoms with Gasteiger partial charge in [-0.3, -0.25) is 17.5 Å². The molecule has 0 spiro atoms. The second kappa shape index (κ2) is 30.3. The molecule has 0 aliphatic rings. The van der Waals surface area contributed by atoms with Gasteiger partial charge in [0.15, 0.2) is 0 Å². The Bertz CT molecular complexity index is 211. The normalized spacial score (nSPS) is 6.44. The Labute approximate surface area is 117 Å². The topological polar surface area (TPSA) is 375 Å². The van der Waals surface area contributed by atoms with Crippen molar-refractivity contribution in [3.63, 3.8) is 0 Å². The van der Waals surface area contributed by atoms with Gasteiger partial charge in [-0.1, -0.05) is 0 Å². The average Bonchev–Trinajstić information content (AvgIpc) is 1.12. The molecule has 0 aliphatic heterocycles. The van der Waals surface area contributed by atoms with E-state index in [4.69, 9.17) is 35.0 Å². The van der Waals surface area contributed by atoms with Gasteiger partial charge in [0.25, 0.3) is 0 Å². The summed E-state index contributed by atoms with van der Waals surface area (Å²) in [6.07, 6.45) is 0. The molecule has 0 heterocycles. The fourth-order valence-corrected chi connectivity index (χ4v) is 0. The van der Waals surface area contributed by atoms with Crippen molar-refractivity contribution in [3.05, 3.63) is 0 Å². The molecule has 0 rings (SSSR count). The summed E-state index contributed by atoms with van der Waals surface area (Å²) in [4.78, 5) is 0. The molecular formula is H16MgO15S2. The maximum Gasteiger partial charge on any atom is 2.00 e. The largest absolute Gasteiger partial charge is 2.00 e. The number of hydrogen-bond acceptors (Lipinski definition) is 6. The van der Waals surface area contributed by atoms with Crippen molar-refractivity contribution in [2.24, 2.45) is 0 Å². The molecular weight excluding hydrogens is 328 g/mol. The molecule has 0 aromatic carbocycles. The van der Waals surface area contributed by atoms with Crippen LogP contribution in [-0.4, -0.2) is 96.4 Å². The summed E-state index contributed by atoms with van der Waals surface area (Å²) in [5.74, 6) is 0. The predicted octanol–water partition coefficient (Wildman–Crippen LogP) is -8.14. The summed E-state index contributed by atoms with van der Waals surface area (Å²) in [6, 6.07) is 0. The summed E-state index contributed by atoms with van der Waals surface area (Å²) in [7, 11) is -9.83. The van der Waals surface area contributed by atoms with Gasteiger partial charge in [0.2, 0.25) is 0 Å². The summed E-state index contributed by atoms with van der Waals surface area (Å²) in [5, 5.41) is 0. The van der Waals surface area contributed by atoms with E-state index in [9.17, 15) is 0 Å². The Kier molecular flexibility index (Phi) is 135. The van der Waals surface area contributed by atoms with E-state index in [1.54, 1.807) is 0 Å². The van der Waals surface area contributed by atoms with Crippen molar-refractivity contribution >= 4 is 43.9 Å². The Balaban J connectivity index is -0.00000000615. The van der Waals surface area contributed by atoms with Crippen molar-refractivity contribution < 1.29 is 73.4 Å². The molecule has 15 nitrogen and oxygen atoms in total. The molecule has 0 aromatic heterocycles. The molecule has 16 N–H and O–H groups in total. The average molecular weight is 345 g/mol. The first kappa shape index (κ1) is 79.9. The van der Waals surface area contributed by atoms with Gasteiger partial charge in [-0.25, -0.2) is 0 Å². The third-order valence-electron chi connectivity index (χ3n) is 0. The van der Waals surface area contributed by atoms with Crippen LogP contribution in [-0.2, 0) is 20.8 Å². The molecule has 0 radical (unpaired) electrons. The van der Waals surface area contributed by atoms with Crippen molar-refractivity contribution in [1.82, 2.24) is 0 Å². The van der Waals surface area contributed by atoms with Crippen molar-refractivity contribution in [1.29, 1.82) is 0 Å². The van der Waals surface area contributed by atoms with Crippen LogP contribution in [0, 0.1) is 0 Å². The van der Waals surface area contributed by atoms with E-state index in [0.29, 0.717) is 0 Å².